The van der Waals surface area contributed by atoms with E-state index in [1.165, 1.54) is 0 Å². The summed E-state index contributed by atoms with van der Waals surface area (Å²) in [6.45, 7) is 4.31. The van der Waals surface area contributed by atoms with Crippen molar-refractivity contribution in [1.29, 1.82) is 0 Å². The highest BCUT2D eigenvalue weighted by Gasteiger charge is 2.39. The van der Waals surface area contributed by atoms with Crippen molar-refractivity contribution >= 4 is 22.8 Å². The van der Waals surface area contributed by atoms with Crippen LogP contribution in [0.15, 0.2) is 46.8 Å². The topological polar surface area (TPSA) is 101 Å². The number of likely N-dealkylation sites (tertiary alicyclic amines) is 1. The second-order valence-electron chi connectivity index (χ2n) is 8.81. The van der Waals surface area contributed by atoms with Crippen LogP contribution in [0.25, 0.3) is 11.0 Å². The Balaban J connectivity index is 1.52. The summed E-state index contributed by atoms with van der Waals surface area (Å²) < 4.78 is 17.7. The lowest BCUT2D eigenvalue weighted by Gasteiger charge is -2.36. The normalized spacial score (nSPS) is 22.6. The van der Waals surface area contributed by atoms with Crippen LogP contribution >= 0.6 is 0 Å². The third kappa shape index (κ3) is 5.45. The van der Waals surface area contributed by atoms with Gasteiger partial charge >= 0.3 is 0 Å². The molecule has 2 aromatic rings. The highest BCUT2D eigenvalue weighted by molar-refractivity contribution is 5.92. The van der Waals surface area contributed by atoms with E-state index in [0.717, 1.165) is 29.5 Å². The second-order valence-corrected chi connectivity index (χ2v) is 8.81. The lowest BCUT2D eigenvalue weighted by Crippen LogP contribution is -2.39. The van der Waals surface area contributed by atoms with Gasteiger partial charge in [-0.2, -0.15) is 0 Å². The maximum absolute atomic E-state index is 13.0. The molecule has 3 heterocycles. The van der Waals surface area contributed by atoms with Gasteiger partial charge in [-0.3, -0.25) is 9.59 Å². The second kappa shape index (κ2) is 11.5. The third-order valence-electron chi connectivity index (χ3n) is 6.57. The molecule has 2 aliphatic heterocycles. The summed E-state index contributed by atoms with van der Waals surface area (Å²) in [5, 5.41) is 13.4. The fourth-order valence-electron chi connectivity index (χ4n) is 4.88. The Hall–Kier alpha value is -2.84. The number of amides is 2. The number of nitrogens with one attached hydrogen (secondary N) is 1. The number of hydrogen-bond donors (Lipinski definition) is 2. The molecule has 3 unspecified atom stereocenters. The van der Waals surface area contributed by atoms with E-state index in [0.29, 0.717) is 45.4 Å². The van der Waals surface area contributed by atoms with Crippen molar-refractivity contribution in [1.82, 2.24) is 10.2 Å². The summed E-state index contributed by atoms with van der Waals surface area (Å²) in [5.41, 5.74) is 1.76. The minimum Gasteiger partial charge on any atom is -0.464 e. The van der Waals surface area contributed by atoms with Gasteiger partial charge in [-0.15, -0.1) is 0 Å². The highest BCUT2D eigenvalue weighted by Crippen LogP contribution is 2.42. The molecule has 8 nitrogen and oxygen atoms in total. The molecule has 1 aromatic carbocycles. The van der Waals surface area contributed by atoms with Gasteiger partial charge in [0.2, 0.25) is 12.2 Å². The summed E-state index contributed by atoms with van der Waals surface area (Å²) in [4.78, 5) is 26.6. The zero-order valence-electron chi connectivity index (χ0n) is 19.7. The number of carbonyl (C=O) groups excluding carboxylic acids is 2. The van der Waals surface area contributed by atoms with Gasteiger partial charge in [-0.1, -0.05) is 18.2 Å². The molecular weight excluding hydrogens is 436 g/mol. The molecule has 0 radical (unpaired) electrons. The van der Waals surface area contributed by atoms with Crippen molar-refractivity contribution in [2.75, 3.05) is 32.8 Å². The van der Waals surface area contributed by atoms with Gasteiger partial charge in [-0.05, 0) is 44.7 Å². The molecule has 0 spiro atoms. The van der Waals surface area contributed by atoms with Crippen LogP contribution in [0.3, 0.4) is 0 Å². The number of aliphatic hydroxyl groups is 1. The van der Waals surface area contributed by atoms with E-state index in [2.05, 4.69) is 5.32 Å². The molecule has 2 amide bonds. The van der Waals surface area contributed by atoms with Crippen molar-refractivity contribution < 1.29 is 28.6 Å². The first-order valence-corrected chi connectivity index (χ1v) is 12.3. The molecule has 1 fully saturated rings. The number of allylic oxidation sites excluding steroid dienone is 1. The minimum atomic E-state index is -0.608. The van der Waals surface area contributed by atoms with E-state index in [1.54, 1.807) is 6.26 Å². The first kappa shape index (κ1) is 24.3. The maximum atomic E-state index is 13.0. The van der Waals surface area contributed by atoms with E-state index in [4.69, 9.17) is 13.9 Å². The lowest BCUT2D eigenvalue weighted by atomic mass is 9.80. The van der Waals surface area contributed by atoms with Crippen LogP contribution in [0, 0.1) is 5.92 Å². The Morgan fingerprint density at radius 2 is 2.15 bits per heavy atom. The molecule has 4 rings (SSSR count). The molecule has 184 valence electrons. The number of ether oxygens (including phenoxy) is 2. The molecule has 1 aromatic heterocycles. The smallest absolute Gasteiger partial charge is 0.286 e. The van der Waals surface area contributed by atoms with Crippen LogP contribution in [0.1, 0.15) is 50.5 Å². The number of aliphatic hydroxyl groups excluding tert-OH is 1. The Kier molecular flexibility index (Phi) is 8.24. The van der Waals surface area contributed by atoms with Crippen molar-refractivity contribution in [3.63, 3.8) is 0 Å². The van der Waals surface area contributed by atoms with Crippen molar-refractivity contribution in [3.8, 4) is 0 Å². The van der Waals surface area contributed by atoms with Crippen LogP contribution in [0.2, 0.25) is 0 Å². The van der Waals surface area contributed by atoms with E-state index < -0.39 is 6.29 Å². The van der Waals surface area contributed by atoms with E-state index >= 15 is 0 Å². The number of benzene rings is 1. The molecule has 34 heavy (non-hydrogen) atoms. The standard InChI is InChI=1S/C26H34N2O6/c1-2-32-26-19(9-6-15-29)20(21-17-33-22-10-4-3-8-18(21)22)16-23(34-26)25(31)27-12-7-14-28-13-5-11-24(28)30/h3-4,8,10,16-17,19-20,26,29H,2,5-7,9,11-15H2,1H3,(H,27,31). The fourth-order valence-corrected chi connectivity index (χ4v) is 4.88. The lowest BCUT2D eigenvalue weighted by molar-refractivity contribution is -0.166. The van der Waals surface area contributed by atoms with E-state index in [1.807, 2.05) is 42.2 Å². The van der Waals surface area contributed by atoms with Gasteiger partial charge in [-0.25, -0.2) is 0 Å². The third-order valence-corrected chi connectivity index (χ3v) is 6.57. The molecule has 1 saturated heterocycles. The Morgan fingerprint density at radius 3 is 2.91 bits per heavy atom. The van der Waals surface area contributed by atoms with E-state index in [9.17, 15) is 14.7 Å². The number of furan rings is 1. The van der Waals surface area contributed by atoms with Crippen LogP contribution in [0.5, 0.6) is 0 Å². The molecule has 0 saturated carbocycles. The monoisotopic (exact) mass is 470 g/mol. The van der Waals surface area contributed by atoms with Crippen LogP contribution in [-0.4, -0.2) is 61.0 Å². The highest BCUT2D eigenvalue weighted by atomic mass is 16.7. The maximum Gasteiger partial charge on any atom is 0.286 e. The number of para-hydroxylation sites is 1. The van der Waals surface area contributed by atoms with Gasteiger partial charge in [0.05, 0.1) is 6.26 Å². The van der Waals surface area contributed by atoms with Crippen LogP contribution < -0.4 is 5.32 Å². The predicted octanol–water partition coefficient (Wildman–Crippen LogP) is 3.31. The van der Waals surface area contributed by atoms with Gasteiger partial charge < -0.3 is 29.2 Å². The zero-order chi connectivity index (χ0) is 23.9. The largest absolute Gasteiger partial charge is 0.464 e. The first-order chi connectivity index (χ1) is 16.6. The summed E-state index contributed by atoms with van der Waals surface area (Å²) in [7, 11) is 0. The molecule has 2 aliphatic rings. The molecule has 2 N–H and O–H groups in total. The average Bonchev–Trinajstić information content (AvgIpc) is 3.46. The number of rotatable bonds is 11. The number of nitrogens with zero attached hydrogens (tertiary/aromatic N) is 1. The van der Waals surface area contributed by atoms with Crippen molar-refractivity contribution in [2.24, 2.45) is 5.92 Å². The van der Waals surface area contributed by atoms with Gasteiger partial charge in [0, 0.05) is 62.1 Å². The molecular formula is C26H34N2O6. The minimum absolute atomic E-state index is 0.0742. The molecule has 0 bridgehead atoms. The van der Waals surface area contributed by atoms with E-state index in [-0.39, 0.29) is 36.0 Å². The summed E-state index contributed by atoms with van der Waals surface area (Å²) in [6.07, 6.45) is 6.50. The Morgan fingerprint density at radius 1 is 1.29 bits per heavy atom. The number of fused-ring (bicyclic) bond motifs is 1. The first-order valence-electron chi connectivity index (χ1n) is 12.3. The molecule has 0 aliphatic carbocycles. The van der Waals surface area contributed by atoms with Gasteiger partial charge in [0.1, 0.15) is 5.58 Å². The predicted molar refractivity (Wildman–Crippen MR) is 127 cm³/mol. The SMILES string of the molecule is CCOC1OC(C(=O)NCCCN2CCCC2=O)=CC(c2coc3ccccc23)C1CCCO. The number of carbonyl (C=O) groups is 2. The van der Waals surface area contributed by atoms with Gasteiger partial charge in [0.15, 0.2) is 5.76 Å². The molecule has 8 heteroatoms. The Bertz CT molecular complexity index is 1020. The van der Waals surface area contributed by atoms with Gasteiger partial charge in [0.25, 0.3) is 5.91 Å². The van der Waals surface area contributed by atoms with Crippen LogP contribution in [0.4, 0.5) is 0 Å². The summed E-state index contributed by atoms with van der Waals surface area (Å²) in [5.74, 6) is -0.121. The zero-order valence-corrected chi connectivity index (χ0v) is 19.7. The summed E-state index contributed by atoms with van der Waals surface area (Å²) >= 11 is 0. The average molecular weight is 471 g/mol. The molecule has 3 atom stereocenters. The Labute approximate surface area is 199 Å². The summed E-state index contributed by atoms with van der Waals surface area (Å²) in [6, 6.07) is 7.82. The number of hydrogen-bond acceptors (Lipinski definition) is 6. The van der Waals surface area contributed by atoms with Crippen LogP contribution in [-0.2, 0) is 19.1 Å². The van der Waals surface area contributed by atoms with Crippen molar-refractivity contribution in [2.45, 2.75) is 51.2 Å². The quantitative estimate of drug-likeness (QED) is 0.489. The van der Waals surface area contributed by atoms with Crippen molar-refractivity contribution in [3.05, 3.63) is 47.9 Å². The fraction of sp³-hybridized carbons (Fsp3) is 0.538.